The van der Waals surface area contributed by atoms with Crippen molar-refractivity contribution < 1.29 is 10.0 Å². The van der Waals surface area contributed by atoms with Gasteiger partial charge in [0.05, 0.1) is 5.69 Å². The standard InChI is InChI=1S/C13H21N5O2/c1-3-18-11(8-9(2)15-18)13(19)17(10-4-5-10)7-6-12(14)16-20/h8,10,20H,3-7H2,1-2H3,(H2,14,16). The molecule has 1 amide bonds. The second-order valence-electron chi connectivity index (χ2n) is 5.06. The molecule has 7 heteroatoms. The predicted molar refractivity (Wildman–Crippen MR) is 74.7 cm³/mol. The lowest BCUT2D eigenvalue weighted by Gasteiger charge is -2.22. The van der Waals surface area contributed by atoms with Crippen LogP contribution in [0.2, 0.25) is 0 Å². The molecule has 1 aliphatic carbocycles. The molecule has 20 heavy (non-hydrogen) atoms. The second-order valence-corrected chi connectivity index (χ2v) is 5.06. The molecular weight excluding hydrogens is 258 g/mol. The van der Waals surface area contributed by atoms with Crippen LogP contribution in [0.4, 0.5) is 0 Å². The molecule has 1 aromatic heterocycles. The van der Waals surface area contributed by atoms with Gasteiger partial charge in [0, 0.05) is 25.6 Å². The van der Waals surface area contributed by atoms with Crippen LogP contribution >= 0.6 is 0 Å². The smallest absolute Gasteiger partial charge is 0.272 e. The molecule has 0 aliphatic heterocycles. The molecule has 7 nitrogen and oxygen atoms in total. The minimum absolute atomic E-state index is 0.0271. The minimum Gasteiger partial charge on any atom is -0.409 e. The van der Waals surface area contributed by atoms with Crippen molar-refractivity contribution in [3.8, 4) is 0 Å². The summed E-state index contributed by atoms with van der Waals surface area (Å²) in [7, 11) is 0. The van der Waals surface area contributed by atoms with Crippen molar-refractivity contribution in [2.45, 2.75) is 45.7 Å². The maximum Gasteiger partial charge on any atom is 0.272 e. The lowest BCUT2D eigenvalue weighted by Crippen LogP contribution is -2.37. The van der Waals surface area contributed by atoms with Gasteiger partial charge in [-0.2, -0.15) is 5.10 Å². The Morgan fingerprint density at radius 1 is 1.65 bits per heavy atom. The van der Waals surface area contributed by atoms with Gasteiger partial charge in [0.1, 0.15) is 11.5 Å². The van der Waals surface area contributed by atoms with Crippen LogP contribution in [0, 0.1) is 6.92 Å². The highest BCUT2D eigenvalue weighted by atomic mass is 16.4. The topological polar surface area (TPSA) is 96.7 Å². The molecule has 0 aromatic carbocycles. The first-order chi connectivity index (χ1) is 9.56. The molecule has 0 atom stereocenters. The average Bonchev–Trinajstić information content (AvgIpc) is 3.20. The van der Waals surface area contributed by atoms with Crippen LogP contribution in [-0.4, -0.2) is 44.2 Å². The number of carbonyl (C=O) groups is 1. The van der Waals surface area contributed by atoms with E-state index >= 15 is 0 Å². The molecule has 1 aromatic rings. The fourth-order valence-corrected chi connectivity index (χ4v) is 2.23. The third kappa shape index (κ3) is 3.09. The number of aryl methyl sites for hydroxylation is 2. The zero-order valence-electron chi connectivity index (χ0n) is 11.9. The van der Waals surface area contributed by atoms with Crippen LogP contribution in [0.25, 0.3) is 0 Å². The number of rotatable bonds is 6. The minimum atomic E-state index is -0.0271. The van der Waals surface area contributed by atoms with Gasteiger partial charge >= 0.3 is 0 Å². The largest absolute Gasteiger partial charge is 0.409 e. The van der Waals surface area contributed by atoms with Gasteiger partial charge in [-0.05, 0) is 32.8 Å². The predicted octanol–water partition coefficient (Wildman–Crippen LogP) is 0.953. The summed E-state index contributed by atoms with van der Waals surface area (Å²) in [5, 5.41) is 15.8. The van der Waals surface area contributed by atoms with E-state index in [0.717, 1.165) is 18.5 Å². The molecule has 0 bridgehead atoms. The molecule has 0 saturated heterocycles. The summed E-state index contributed by atoms with van der Waals surface area (Å²) >= 11 is 0. The molecule has 2 rings (SSSR count). The first-order valence-corrected chi connectivity index (χ1v) is 6.88. The first-order valence-electron chi connectivity index (χ1n) is 6.88. The zero-order valence-corrected chi connectivity index (χ0v) is 11.9. The van der Waals surface area contributed by atoms with Crippen LogP contribution in [0.15, 0.2) is 11.2 Å². The van der Waals surface area contributed by atoms with Gasteiger partial charge in [0.15, 0.2) is 0 Å². The molecule has 3 N–H and O–H groups in total. The first kappa shape index (κ1) is 14.4. The molecule has 1 aliphatic rings. The van der Waals surface area contributed by atoms with E-state index in [9.17, 15) is 4.79 Å². The molecule has 110 valence electrons. The Bertz CT molecular complexity index is 519. The molecule has 0 spiro atoms. The van der Waals surface area contributed by atoms with Gasteiger partial charge < -0.3 is 15.8 Å². The number of hydrogen-bond donors (Lipinski definition) is 2. The highest BCUT2D eigenvalue weighted by Crippen LogP contribution is 2.28. The molecule has 1 fully saturated rings. The van der Waals surface area contributed by atoms with Crippen molar-refractivity contribution in [3.63, 3.8) is 0 Å². The van der Waals surface area contributed by atoms with Crippen LogP contribution in [0.3, 0.4) is 0 Å². The summed E-state index contributed by atoms with van der Waals surface area (Å²) in [5.41, 5.74) is 6.93. The summed E-state index contributed by atoms with van der Waals surface area (Å²) in [4.78, 5) is 14.4. The molecule has 0 unspecified atom stereocenters. The quantitative estimate of drug-likeness (QED) is 0.351. The Kier molecular flexibility index (Phi) is 4.26. The third-order valence-electron chi connectivity index (χ3n) is 3.41. The van der Waals surface area contributed by atoms with E-state index in [4.69, 9.17) is 10.9 Å². The SMILES string of the molecule is CCn1nc(C)cc1C(=O)N(CCC(N)=NO)C1CC1. The maximum absolute atomic E-state index is 12.6. The van der Waals surface area contributed by atoms with E-state index in [-0.39, 0.29) is 17.8 Å². The van der Waals surface area contributed by atoms with Crippen LogP contribution in [0.5, 0.6) is 0 Å². The number of hydrogen-bond acceptors (Lipinski definition) is 4. The lowest BCUT2D eigenvalue weighted by atomic mass is 10.2. The Morgan fingerprint density at radius 3 is 2.90 bits per heavy atom. The van der Waals surface area contributed by atoms with Gasteiger partial charge in [-0.25, -0.2) is 0 Å². The number of amidine groups is 1. The summed E-state index contributed by atoms with van der Waals surface area (Å²) < 4.78 is 1.72. The Hall–Kier alpha value is -2.05. The van der Waals surface area contributed by atoms with Crippen LogP contribution in [0.1, 0.15) is 42.4 Å². The van der Waals surface area contributed by atoms with Gasteiger partial charge in [-0.15, -0.1) is 0 Å². The molecule has 0 radical (unpaired) electrons. The Morgan fingerprint density at radius 2 is 2.35 bits per heavy atom. The van der Waals surface area contributed by atoms with Gasteiger partial charge in [-0.3, -0.25) is 9.48 Å². The number of amides is 1. The van der Waals surface area contributed by atoms with Gasteiger partial charge in [0.25, 0.3) is 5.91 Å². The fraction of sp³-hybridized carbons (Fsp3) is 0.615. The monoisotopic (exact) mass is 279 g/mol. The number of nitrogens with two attached hydrogens (primary N) is 1. The number of oxime groups is 1. The van der Waals surface area contributed by atoms with Gasteiger partial charge in [-0.1, -0.05) is 5.16 Å². The highest BCUT2D eigenvalue weighted by Gasteiger charge is 2.34. The van der Waals surface area contributed by atoms with Crippen LogP contribution in [-0.2, 0) is 6.54 Å². The maximum atomic E-state index is 12.6. The van der Waals surface area contributed by atoms with E-state index < -0.39 is 0 Å². The Labute approximate surface area is 118 Å². The lowest BCUT2D eigenvalue weighted by molar-refractivity contribution is 0.0735. The van der Waals surface area contributed by atoms with Crippen molar-refractivity contribution in [1.82, 2.24) is 14.7 Å². The summed E-state index contributed by atoms with van der Waals surface area (Å²) in [6.07, 6.45) is 2.40. The van der Waals surface area contributed by atoms with Gasteiger partial charge in [0.2, 0.25) is 0 Å². The number of carbonyl (C=O) groups excluding carboxylic acids is 1. The summed E-state index contributed by atoms with van der Waals surface area (Å²) in [6.45, 7) is 4.96. The van der Waals surface area contributed by atoms with Crippen molar-refractivity contribution in [2.75, 3.05) is 6.54 Å². The van der Waals surface area contributed by atoms with Crippen molar-refractivity contribution in [2.24, 2.45) is 10.9 Å². The second kappa shape index (κ2) is 5.94. The molecular formula is C13H21N5O2. The van der Waals surface area contributed by atoms with Crippen molar-refractivity contribution in [1.29, 1.82) is 0 Å². The normalized spacial score (nSPS) is 15.4. The fourth-order valence-electron chi connectivity index (χ4n) is 2.23. The van der Waals surface area contributed by atoms with E-state index in [1.807, 2.05) is 19.9 Å². The third-order valence-corrected chi connectivity index (χ3v) is 3.41. The van der Waals surface area contributed by atoms with E-state index in [1.54, 1.807) is 9.58 Å². The molecule has 1 heterocycles. The van der Waals surface area contributed by atoms with E-state index in [1.165, 1.54) is 0 Å². The summed E-state index contributed by atoms with van der Waals surface area (Å²) in [6, 6.07) is 2.08. The Balaban J connectivity index is 2.14. The zero-order chi connectivity index (χ0) is 14.7. The molecule has 1 saturated carbocycles. The van der Waals surface area contributed by atoms with E-state index in [2.05, 4.69) is 10.3 Å². The van der Waals surface area contributed by atoms with Crippen molar-refractivity contribution >= 4 is 11.7 Å². The summed E-state index contributed by atoms with van der Waals surface area (Å²) in [5.74, 6) is 0.115. The van der Waals surface area contributed by atoms with Crippen molar-refractivity contribution in [3.05, 3.63) is 17.5 Å². The highest BCUT2D eigenvalue weighted by molar-refractivity contribution is 5.93. The van der Waals surface area contributed by atoms with E-state index in [0.29, 0.717) is 25.2 Å². The average molecular weight is 279 g/mol. The number of nitrogens with zero attached hydrogens (tertiary/aromatic N) is 4. The van der Waals surface area contributed by atoms with Crippen LogP contribution < -0.4 is 5.73 Å². The number of aromatic nitrogens is 2.